The molecule has 0 aliphatic carbocycles. The van der Waals surface area contributed by atoms with Crippen LogP contribution >= 0.6 is 0 Å². The van der Waals surface area contributed by atoms with Crippen LogP contribution in [0.4, 0.5) is 24.5 Å². The van der Waals surface area contributed by atoms with Crippen molar-refractivity contribution < 1.29 is 23.5 Å². The molecule has 16 heteroatoms. The van der Waals surface area contributed by atoms with Crippen LogP contribution in [0.3, 0.4) is 0 Å². The lowest BCUT2D eigenvalue weighted by Gasteiger charge is -2.40. The van der Waals surface area contributed by atoms with E-state index < -0.39 is 17.5 Å². The quantitative estimate of drug-likeness (QED) is 0.236. The molecule has 7 rings (SSSR count). The molecule has 0 radical (unpaired) electrons. The first-order valence-electron chi connectivity index (χ1n) is 18.0. The van der Waals surface area contributed by atoms with Crippen molar-refractivity contribution in [3.63, 3.8) is 0 Å². The van der Waals surface area contributed by atoms with Crippen LogP contribution in [-0.4, -0.2) is 101 Å². The Labute approximate surface area is 301 Å². The number of tetrazole rings is 1. The molecule has 2 saturated heterocycles. The summed E-state index contributed by atoms with van der Waals surface area (Å²) in [5.74, 6) is 0.343. The maximum atomic E-state index is 14.3. The molecule has 0 saturated carbocycles. The molecule has 0 spiro atoms. The van der Waals surface area contributed by atoms with Gasteiger partial charge in [0.2, 0.25) is 0 Å². The molecule has 5 amide bonds. The number of para-hydroxylation sites is 1. The van der Waals surface area contributed by atoms with E-state index in [0.29, 0.717) is 64.4 Å². The van der Waals surface area contributed by atoms with E-state index in [9.17, 15) is 18.8 Å². The van der Waals surface area contributed by atoms with Gasteiger partial charge < -0.3 is 30.1 Å². The standard InChI is InChI=1S/C36H46FN11O4/c1-22-16-24(17-26-19-38-41-30(22)26)18-29(32-42-43-44-48(32)20-23-8-12-46(13-9-23)35(51)52-36(2,3)4)39-33(49)45-14-10-27(11-15-45)47-21-25-6-5-7-28(37)31(25)40-34(47)50/h5-7,16-17,19,23,27,29H,8-15,18,20-21H2,1-4H3,(H,38,41)(H,39,49)(H,40,50). The maximum absolute atomic E-state index is 14.3. The third-order valence-electron chi connectivity index (χ3n) is 10.2. The number of aromatic amines is 1. The van der Waals surface area contributed by atoms with Crippen LogP contribution in [0.1, 0.15) is 75.0 Å². The normalized spacial score (nSPS) is 17.9. The van der Waals surface area contributed by atoms with Crippen LogP contribution in [0.25, 0.3) is 10.9 Å². The number of rotatable bonds is 7. The molecule has 276 valence electrons. The van der Waals surface area contributed by atoms with Crippen molar-refractivity contribution in [3.8, 4) is 0 Å². The van der Waals surface area contributed by atoms with E-state index >= 15 is 0 Å². The molecule has 0 bridgehead atoms. The molecule has 4 aromatic rings. The van der Waals surface area contributed by atoms with Gasteiger partial charge in [-0.15, -0.1) is 5.10 Å². The average Bonchev–Trinajstić information content (AvgIpc) is 3.78. The minimum atomic E-state index is -0.552. The highest BCUT2D eigenvalue weighted by atomic mass is 19.1. The van der Waals surface area contributed by atoms with Crippen molar-refractivity contribution in [1.82, 2.24) is 50.4 Å². The zero-order valence-electron chi connectivity index (χ0n) is 30.1. The van der Waals surface area contributed by atoms with E-state index in [4.69, 9.17) is 4.74 Å². The number of likely N-dealkylation sites (tertiary alicyclic amines) is 2. The van der Waals surface area contributed by atoms with Crippen molar-refractivity contribution >= 4 is 34.7 Å². The number of aromatic nitrogens is 6. The van der Waals surface area contributed by atoms with Gasteiger partial charge in [0.25, 0.3) is 0 Å². The first-order valence-corrected chi connectivity index (χ1v) is 18.0. The monoisotopic (exact) mass is 715 g/mol. The van der Waals surface area contributed by atoms with Crippen LogP contribution < -0.4 is 10.6 Å². The first kappa shape index (κ1) is 35.1. The zero-order valence-corrected chi connectivity index (χ0v) is 30.1. The second-order valence-electron chi connectivity index (χ2n) is 15.1. The third kappa shape index (κ3) is 7.65. The predicted molar refractivity (Wildman–Crippen MR) is 190 cm³/mol. The number of aryl methyl sites for hydroxylation is 1. The molecule has 3 N–H and O–H groups in total. The van der Waals surface area contributed by atoms with E-state index in [-0.39, 0.29) is 35.8 Å². The number of ether oxygens (including phenoxy) is 1. The second-order valence-corrected chi connectivity index (χ2v) is 15.1. The molecule has 52 heavy (non-hydrogen) atoms. The Balaban J connectivity index is 1.03. The van der Waals surface area contributed by atoms with Gasteiger partial charge in [0, 0.05) is 57.1 Å². The number of carbonyl (C=O) groups is 3. The van der Waals surface area contributed by atoms with Gasteiger partial charge in [-0.3, -0.25) is 5.10 Å². The molecule has 15 nitrogen and oxygen atoms in total. The fraction of sp³-hybridized carbons (Fsp3) is 0.528. The SMILES string of the molecule is Cc1cc(CC(NC(=O)N2CCC(N3Cc4cccc(F)c4NC3=O)CC2)c2nnnn2CC2CCN(C(=O)OC(C)(C)C)CC2)cc2cn[nH]c12. The van der Waals surface area contributed by atoms with Crippen LogP contribution in [-0.2, 0) is 24.2 Å². The molecule has 1 atom stereocenters. The number of amides is 5. The van der Waals surface area contributed by atoms with Gasteiger partial charge in [-0.05, 0) is 98.5 Å². The number of fused-ring (bicyclic) bond motifs is 2. The lowest BCUT2D eigenvalue weighted by molar-refractivity contribution is 0.0176. The number of nitrogens with zero attached hydrogens (tertiary/aromatic N) is 8. The molecular formula is C36H46FN11O4. The highest BCUT2D eigenvalue weighted by Crippen LogP contribution is 2.30. The fourth-order valence-electron chi connectivity index (χ4n) is 7.52. The van der Waals surface area contributed by atoms with E-state index in [1.807, 2.05) is 33.8 Å². The number of carbonyl (C=O) groups excluding carboxylic acids is 3. The predicted octanol–water partition coefficient (Wildman–Crippen LogP) is 5.15. The van der Waals surface area contributed by atoms with Gasteiger partial charge in [0.05, 0.1) is 23.4 Å². The van der Waals surface area contributed by atoms with E-state index in [0.717, 1.165) is 40.4 Å². The van der Waals surface area contributed by atoms with Crippen molar-refractivity contribution in [2.24, 2.45) is 5.92 Å². The highest BCUT2D eigenvalue weighted by Gasteiger charge is 2.35. The van der Waals surface area contributed by atoms with Crippen molar-refractivity contribution in [2.45, 2.75) is 90.6 Å². The molecule has 2 fully saturated rings. The number of nitrogens with one attached hydrogen (secondary N) is 3. The summed E-state index contributed by atoms with van der Waals surface area (Å²) in [6.45, 7) is 10.5. The molecule has 3 aliphatic heterocycles. The molecule has 2 aromatic heterocycles. The Morgan fingerprint density at radius 3 is 2.58 bits per heavy atom. The second kappa shape index (κ2) is 14.4. The first-order chi connectivity index (χ1) is 24.9. The van der Waals surface area contributed by atoms with E-state index in [1.165, 1.54) is 6.07 Å². The van der Waals surface area contributed by atoms with Crippen LogP contribution in [0.5, 0.6) is 0 Å². The van der Waals surface area contributed by atoms with E-state index in [1.54, 1.807) is 31.6 Å². The Hall–Kier alpha value is -5.28. The smallest absolute Gasteiger partial charge is 0.410 e. The summed E-state index contributed by atoms with van der Waals surface area (Å²) in [5, 5.41) is 27.0. The number of halogens is 1. The van der Waals surface area contributed by atoms with Gasteiger partial charge in [-0.1, -0.05) is 18.2 Å². The van der Waals surface area contributed by atoms with Gasteiger partial charge in [-0.25, -0.2) is 23.5 Å². The minimum Gasteiger partial charge on any atom is -0.444 e. The topological polar surface area (TPSA) is 166 Å². The molecule has 3 aliphatic rings. The van der Waals surface area contributed by atoms with Gasteiger partial charge in [-0.2, -0.15) is 5.10 Å². The summed E-state index contributed by atoms with van der Waals surface area (Å²) >= 11 is 0. The summed E-state index contributed by atoms with van der Waals surface area (Å²) in [5.41, 5.74) is 3.43. The Morgan fingerprint density at radius 2 is 1.83 bits per heavy atom. The van der Waals surface area contributed by atoms with Crippen molar-refractivity contribution in [2.75, 3.05) is 31.5 Å². The van der Waals surface area contributed by atoms with Gasteiger partial charge in [0.1, 0.15) is 11.4 Å². The molecule has 2 aromatic carbocycles. The summed E-state index contributed by atoms with van der Waals surface area (Å²) in [6, 6.07) is 7.76. The average molecular weight is 716 g/mol. The van der Waals surface area contributed by atoms with Crippen LogP contribution in [0.2, 0.25) is 0 Å². The lowest BCUT2D eigenvalue weighted by Crippen LogP contribution is -2.53. The number of hydrogen-bond acceptors (Lipinski definition) is 8. The zero-order chi connectivity index (χ0) is 36.6. The fourth-order valence-corrected chi connectivity index (χ4v) is 7.52. The van der Waals surface area contributed by atoms with Crippen LogP contribution in [0, 0.1) is 18.7 Å². The molecular weight excluding hydrogens is 669 g/mol. The maximum Gasteiger partial charge on any atom is 0.410 e. The third-order valence-corrected chi connectivity index (χ3v) is 10.2. The highest BCUT2D eigenvalue weighted by molar-refractivity contribution is 5.92. The summed E-state index contributed by atoms with van der Waals surface area (Å²) in [7, 11) is 0. The number of H-pyrrole nitrogens is 1. The lowest BCUT2D eigenvalue weighted by atomic mass is 9.96. The Bertz CT molecular complexity index is 1940. The van der Waals surface area contributed by atoms with Crippen LogP contribution in [0.15, 0.2) is 36.5 Å². The largest absolute Gasteiger partial charge is 0.444 e. The number of anilines is 1. The van der Waals surface area contributed by atoms with Gasteiger partial charge in [0.15, 0.2) is 5.82 Å². The van der Waals surface area contributed by atoms with E-state index in [2.05, 4.69) is 48.5 Å². The number of benzene rings is 2. The Kier molecular flexibility index (Phi) is 9.72. The van der Waals surface area contributed by atoms with Crippen molar-refractivity contribution in [1.29, 1.82) is 0 Å². The Morgan fingerprint density at radius 1 is 1.08 bits per heavy atom. The molecule has 1 unspecified atom stereocenters. The summed E-state index contributed by atoms with van der Waals surface area (Å²) in [6.07, 6.45) is 4.66. The number of piperidine rings is 2. The van der Waals surface area contributed by atoms with Gasteiger partial charge >= 0.3 is 18.2 Å². The number of hydrogen-bond donors (Lipinski definition) is 3. The summed E-state index contributed by atoms with van der Waals surface area (Å²) in [4.78, 5) is 44.7. The number of urea groups is 2. The van der Waals surface area contributed by atoms with Crippen molar-refractivity contribution in [3.05, 3.63) is 64.9 Å². The minimum absolute atomic E-state index is 0.0880. The summed E-state index contributed by atoms with van der Waals surface area (Å²) < 4.78 is 21.6. The molecule has 5 heterocycles.